The number of rotatable bonds is 5. The summed E-state index contributed by atoms with van der Waals surface area (Å²) in [4.78, 5) is 20.4. The van der Waals surface area contributed by atoms with Gasteiger partial charge >= 0.3 is 0 Å². The lowest BCUT2D eigenvalue weighted by molar-refractivity contribution is 0.0739. The Labute approximate surface area is 153 Å². The Kier molecular flexibility index (Phi) is 5.93. The van der Waals surface area contributed by atoms with Crippen molar-refractivity contribution < 1.29 is 15.0 Å². The molecule has 0 spiro atoms. The van der Waals surface area contributed by atoms with Crippen LogP contribution in [0.15, 0.2) is 6.20 Å². The molecule has 1 amide bonds. The number of amides is 1. The largest absolute Gasteiger partial charge is 0.393 e. The summed E-state index contributed by atoms with van der Waals surface area (Å²) in [6.45, 7) is 2.05. The summed E-state index contributed by atoms with van der Waals surface area (Å²) in [7, 11) is 0. The molecular weight excluding hydrogens is 334 g/mol. The second-order valence-corrected chi connectivity index (χ2v) is 7.67. The summed E-state index contributed by atoms with van der Waals surface area (Å²) in [5, 5.41) is 26.3. The zero-order valence-corrected chi connectivity index (χ0v) is 15.2. The first kappa shape index (κ1) is 18.8. The number of primary amides is 1. The normalized spacial score (nSPS) is 32.0. The maximum atomic E-state index is 11.7. The average molecular weight is 363 g/mol. The van der Waals surface area contributed by atoms with Crippen LogP contribution < -0.4 is 16.4 Å². The molecule has 2 aliphatic carbocycles. The Morgan fingerprint density at radius 1 is 1.12 bits per heavy atom. The third-order valence-electron chi connectivity index (χ3n) is 5.58. The van der Waals surface area contributed by atoms with Gasteiger partial charge in [0.1, 0.15) is 5.82 Å². The topological polar surface area (TPSA) is 133 Å². The molecule has 1 aromatic rings. The highest BCUT2D eigenvalue weighted by atomic mass is 16.3. The molecule has 1 aromatic heterocycles. The molecule has 0 bridgehead atoms. The molecule has 2 fully saturated rings. The molecule has 0 saturated heterocycles. The standard InChI is InChI=1S/C18H29N5O3/c1-10-2-3-12(8-15(10)25)21-17-14(16(19)26)9-20-18(23-17)22-11-4-6-13(24)7-5-11/h9-13,15,24-25H,2-8H2,1H3,(H2,19,26)(H2,20,21,22,23)/t10-,11?,12?,13?,15-/m1/s1. The maximum Gasteiger partial charge on any atom is 0.254 e. The van der Waals surface area contributed by atoms with Gasteiger partial charge in [0.2, 0.25) is 5.95 Å². The summed E-state index contributed by atoms with van der Waals surface area (Å²) < 4.78 is 0. The van der Waals surface area contributed by atoms with E-state index in [-0.39, 0.29) is 35.8 Å². The van der Waals surface area contributed by atoms with Crippen molar-refractivity contribution in [3.63, 3.8) is 0 Å². The number of nitrogens with two attached hydrogens (primary N) is 1. The molecule has 2 aliphatic rings. The van der Waals surface area contributed by atoms with Crippen LogP contribution in [0.3, 0.4) is 0 Å². The SMILES string of the molecule is C[C@@H]1CCC(Nc2nc(NC3CCC(O)CC3)ncc2C(N)=O)C[C@H]1O. The van der Waals surface area contributed by atoms with E-state index in [1.54, 1.807) is 0 Å². The van der Waals surface area contributed by atoms with Gasteiger partial charge in [-0.2, -0.15) is 4.98 Å². The number of nitrogens with one attached hydrogen (secondary N) is 2. The van der Waals surface area contributed by atoms with Crippen LogP contribution in [-0.2, 0) is 0 Å². The van der Waals surface area contributed by atoms with Crippen molar-refractivity contribution in [3.05, 3.63) is 11.8 Å². The van der Waals surface area contributed by atoms with Crippen LogP contribution in [0.4, 0.5) is 11.8 Å². The van der Waals surface area contributed by atoms with Crippen molar-refractivity contribution in [2.24, 2.45) is 11.7 Å². The van der Waals surface area contributed by atoms with Crippen molar-refractivity contribution in [1.29, 1.82) is 0 Å². The van der Waals surface area contributed by atoms with Gasteiger partial charge in [-0.3, -0.25) is 4.79 Å². The average Bonchev–Trinajstić information content (AvgIpc) is 2.60. The molecule has 3 rings (SSSR count). The molecule has 2 saturated carbocycles. The van der Waals surface area contributed by atoms with Crippen molar-refractivity contribution >= 4 is 17.7 Å². The fraction of sp³-hybridized carbons (Fsp3) is 0.722. The van der Waals surface area contributed by atoms with Crippen molar-refractivity contribution in [3.8, 4) is 0 Å². The highest BCUT2D eigenvalue weighted by Crippen LogP contribution is 2.28. The molecule has 26 heavy (non-hydrogen) atoms. The van der Waals surface area contributed by atoms with E-state index >= 15 is 0 Å². The van der Waals surface area contributed by atoms with Gasteiger partial charge in [-0.15, -0.1) is 0 Å². The Balaban J connectivity index is 1.71. The lowest BCUT2D eigenvalue weighted by Crippen LogP contribution is -2.36. The minimum Gasteiger partial charge on any atom is -0.393 e. The van der Waals surface area contributed by atoms with Gasteiger partial charge < -0.3 is 26.6 Å². The lowest BCUT2D eigenvalue weighted by atomic mass is 9.85. The number of hydrogen-bond donors (Lipinski definition) is 5. The van der Waals surface area contributed by atoms with Crippen LogP contribution in [0.25, 0.3) is 0 Å². The summed E-state index contributed by atoms with van der Waals surface area (Å²) in [5.41, 5.74) is 5.71. The number of hydrogen-bond acceptors (Lipinski definition) is 7. The van der Waals surface area contributed by atoms with Gasteiger partial charge in [0, 0.05) is 18.3 Å². The molecule has 8 heteroatoms. The quantitative estimate of drug-likeness (QED) is 0.531. The van der Waals surface area contributed by atoms with Gasteiger partial charge in [-0.05, 0) is 50.9 Å². The van der Waals surface area contributed by atoms with E-state index in [4.69, 9.17) is 5.73 Å². The number of carbonyl (C=O) groups is 1. The molecule has 1 heterocycles. The third kappa shape index (κ3) is 4.62. The van der Waals surface area contributed by atoms with E-state index in [1.165, 1.54) is 6.20 Å². The van der Waals surface area contributed by atoms with E-state index in [9.17, 15) is 15.0 Å². The van der Waals surface area contributed by atoms with Crippen LogP contribution in [0.1, 0.15) is 62.2 Å². The third-order valence-corrected chi connectivity index (χ3v) is 5.58. The van der Waals surface area contributed by atoms with Crippen LogP contribution >= 0.6 is 0 Å². The predicted molar refractivity (Wildman–Crippen MR) is 98.9 cm³/mol. The Morgan fingerprint density at radius 3 is 2.46 bits per heavy atom. The highest BCUT2D eigenvalue weighted by Gasteiger charge is 2.27. The number of carbonyl (C=O) groups excluding carboxylic acids is 1. The smallest absolute Gasteiger partial charge is 0.254 e. The fourth-order valence-corrected chi connectivity index (χ4v) is 3.77. The van der Waals surface area contributed by atoms with Gasteiger partial charge in [-0.1, -0.05) is 6.92 Å². The van der Waals surface area contributed by atoms with E-state index in [0.29, 0.717) is 18.2 Å². The first-order valence-electron chi connectivity index (χ1n) is 9.48. The number of anilines is 2. The van der Waals surface area contributed by atoms with E-state index in [2.05, 4.69) is 20.6 Å². The number of aliphatic hydroxyl groups is 2. The fourth-order valence-electron chi connectivity index (χ4n) is 3.77. The number of nitrogens with zero attached hydrogens (tertiary/aromatic N) is 2. The maximum absolute atomic E-state index is 11.7. The Bertz CT molecular complexity index is 633. The Hall–Kier alpha value is -1.93. The van der Waals surface area contributed by atoms with E-state index in [1.807, 2.05) is 6.92 Å². The summed E-state index contributed by atoms with van der Waals surface area (Å²) in [6, 6.07) is 0.259. The van der Waals surface area contributed by atoms with Crippen molar-refractivity contribution in [2.45, 2.75) is 76.2 Å². The highest BCUT2D eigenvalue weighted by molar-refractivity contribution is 5.97. The summed E-state index contributed by atoms with van der Waals surface area (Å²) >= 11 is 0. The minimum absolute atomic E-state index is 0.0480. The molecular formula is C18H29N5O3. The molecule has 0 aromatic carbocycles. The van der Waals surface area contributed by atoms with Gasteiger partial charge in [0.15, 0.2) is 0 Å². The molecule has 0 radical (unpaired) electrons. The van der Waals surface area contributed by atoms with Gasteiger partial charge in [0.05, 0.1) is 17.8 Å². The monoisotopic (exact) mass is 363 g/mol. The predicted octanol–water partition coefficient (Wildman–Crippen LogP) is 1.25. The number of aromatic nitrogens is 2. The summed E-state index contributed by atoms with van der Waals surface area (Å²) in [6.07, 6.45) is 6.56. The van der Waals surface area contributed by atoms with Crippen LogP contribution in [0.5, 0.6) is 0 Å². The molecule has 0 aliphatic heterocycles. The van der Waals surface area contributed by atoms with Crippen LogP contribution in [0, 0.1) is 5.92 Å². The first-order chi connectivity index (χ1) is 12.4. The van der Waals surface area contributed by atoms with E-state index in [0.717, 1.165) is 38.5 Å². The molecule has 3 atom stereocenters. The second kappa shape index (κ2) is 8.18. The van der Waals surface area contributed by atoms with Crippen molar-refractivity contribution in [2.75, 3.05) is 10.6 Å². The zero-order chi connectivity index (χ0) is 18.7. The lowest BCUT2D eigenvalue weighted by Gasteiger charge is -2.32. The van der Waals surface area contributed by atoms with Gasteiger partial charge in [0.25, 0.3) is 5.91 Å². The van der Waals surface area contributed by atoms with Crippen molar-refractivity contribution in [1.82, 2.24) is 9.97 Å². The minimum atomic E-state index is -0.579. The molecule has 1 unspecified atom stereocenters. The molecule has 8 nitrogen and oxygen atoms in total. The van der Waals surface area contributed by atoms with Gasteiger partial charge in [-0.25, -0.2) is 4.98 Å². The Morgan fingerprint density at radius 2 is 1.81 bits per heavy atom. The molecule has 144 valence electrons. The second-order valence-electron chi connectivity index (χ2n) is 7.67. The molecule has 6 N–H and O–H groups in total. The number of aliphatic hydroxyl groups excluding tert-OH is 2. The first-order valence-corrected chi connectivity index (χ1v) is 9.48. The van der Waals surface area contributed by atoms with E-state index < -0.39 is 5.91 Å². The zero-order valence-electron chi connectivity index (χ0n) is 15.2. The van der Waals surface area contributed by atoms with Crippen LogP contribution in [0.2, 0.25) is 0 Å². The summed E-state index contributed by atoms with van der Waals surface area (Å²) in [5.74, 6) is 0.568. The van der Waals surface area contributed by atoms with Crippen LogP contribution in [-0.4, -0.2) is 50.4 Å².